The number of unbranched alkanes of at least 4 members (excludes halogenated alkanes) is 1. The number of nitrogen functional groups attached to an aromatic ring is 1. The molecular weight excluding hydrogens is 286 g/mol. The first-order valence-electron chi connectivity index (χ1n) is 5.40. The second-order valence-corrected chi connectivity index (χ2v) is 4.65. The Labute approximate surface area is 109 Å². The molecule has 1 aromatic carbocycles. The van der Waals surface area contributed by atoms with Crippen LogP contribution in [0.15, 0.2) is 16.6 Å². The van der Waals surface area contributed by atoms with Crippen LogP contribution in [-0.4, -0.2) is 24.3 Å². The lowest BCUT2D eigenvalue weighted by molar-refractivity contribution is 0.0492. The molecule has 0 radical (unpaired) electrons. The number of nitrogens with two attached hydrogens (primary N) is 1. The molecule has 0 heterocycles. The summed E-state index contributed by atoms with van der Waals surface area (Å²) in [5.74, 6) is -0.381. The van der Waals surface area contributed by atoms with Crippen LogP contribution in [0.4, 0.5) is 5.69 Å². The van der Waals surface area contributed by atoms with E-state index in [0.717, 1.165) is 10.0 Å². The molecule has 0 atom stereocenters. The standard InChI is InChI=1S/C12H16BrNO3/c1-8-10(6-9(13)7-11(8)14)12(16)17-5-3-2-4-15/h6-7,15H,2-5,14H2,1H3. The number of ether oxygens (including phenoxy) is 1. The first kappa shape index (κ1) is 14.0. The van der Waals surface area contributed by atoms with Crippen molar-refractivity contribution in [2.24, 2.45) is 0 Å². The Kier molecular flexibility index (Phi) is 5.44. The van der Waals surface area contributed by atoms with E-state index in [-0.39, 0.29) is 12.6 Å². The lowest BCUT2D eigenvalue weighted by atomic mass is 10.1. The summed E-state index contributed by atoms with van der Waals surface area (Å²) in [5.41, 5.74) is 7.52. The van der Waals surface area contributed by atoms with Crippen LogP contribution < -0.4 is 5.73 Å². The number of carbonyl (C=O) groups excluding carboxylic acids is 1. The Balaban J connectivity index is 2.69. The molecule has 0 saturated carbocycles. The predicted octanol–water partition coefficient (Wildman–Crippen LogP) is 2.27. The van der Waals surface area contributed by atoms with Gasteiger partial charge in [-0.15, -0.1) is 0 Å². The van der Waals surface area contributed by atoms with Gasteiger partial charge in [0.05, 0.1) is 12.2 Å². The maximum Gasteiger partial charge on any atom is 0.338 e. The molecule has 0 aromatic heterocycles. The van der Waals surface area contributed by atoms with Crippen LogP contribution in [0.1, 0.15) is 28.8 Å². The Morgan fingerprint density at radius 2 is 2.18 bits per heavy atom. The molecule has 1 aromatic rings. The van der Waals surface area contributed by atoms with E-state index in [1.165, 1.54) is 0 Å². The molecule has 0 aliphatic carbocycles. The van der Waals surface area contributed by atoms with E-state index < -0.39 is 0 Å². The topological polar surface area (TPSA) is 72.6 Å². The smallest absolute Gasteiger partial charge is 0.338 e. The third kappa shape index (κ3) is 4.02. The van der Waals surface area contributed by atoms with Crippen LogP contribution >= 0.6 is 15.9 Å². The Morgan fingerprint density at radius 1 is 1.47 bits per heavy atom. The quantitative estimate of drug-likeness (QED) is 0.497. The Hall–Kier alpha value is -1.07. The summed E-state index contributed by atoms with van der Waals surface area (Å²) in [4.78, 5) is 11.8. The van der Waals surface area contributed by atoms with Crippen LogP contribution in [0.25, 0.3) is 0 Å². The summed E-state index contributed by atoms with van der Waals surface area (Å²) in [6.07, 6.45) is 1.29. The van der Waals surface area contributed by atoms with Crippen molar-refractivity contribution in [2.75, 3.05) is 18.9 Å². The zero-order chi connectivity index (χ0) is 12.8. The van der Waals surface area contributed by atoms with Crippen LogP contribution in [0.5, 0.6) is 0 Å². The normalized spacial score (nSPS) is 10.3. The monoisotopic (exact) mass is 301 g/mol. The largest absolute Gasteiger partial charge is 0.462 e. The summed E-state index contributed by atoms with van der Waals surface area (Å²) in [7, 11) is 0. The molecule has 1 rings (SSSR count). The molecule has 3 N–H and O–H groups in total. The fourth-order valence-electron chi connectivity index (χ4n) is 1.37. The summed E-state index contributed by atoms with van der Waals surface area (Å²) in [5, 5.41) is 8.60. The molecule has 0 spiro atoms. The van der Waals surface area contributed by atoms with E-state index >= 15 is 0 Å². The number of anilines is 1. The first-order chi connectivity index (χ1) is 8.06. The van der Waals surface area contributed by atoms with Crippen molar-refractivity contribution in [2.45, 2.75) is 19.8 Å². The van der Waals surface area contributed by atoms with Crippen LogP contribution in [0, 0.1) is 6.92 Å². The average Bonchev–Trinajstić information content (AvgIpc) is 2.29. The van der Waals surface area contributed by atoms with Crippen molar-refractivity contribution in [1.82, 2.24) is 0 Å². The number of hydrogen-bond donors (Lipinski definition) is 2. The van der Waals surface area contributed by atoms with E-state index in [1.54, 1.807) is 19.1 Å². The Morgan fingerprint density at radius 3 is 2.82 bits per heavy atom. The number of benzene rings is 1. The van der Waals surface area contributed by atoms with Gasteiger partial charge in [0, 0.05) is 16.8 Å². The van der Waals surface area contributed by atoms with Gasteiger partial charge in [-0.2, -0.15) is 0 Å². The van der Waals surface area contributed by atoms with Crippen molar-refractivity contribution in [3.05, 3.63) is 27.7 Å². The Bertz CT molecular complexity index is 407. The van der Waals surface area contributed by atoms with E-state index in [9.17, 15) is 4.79 Å². The number of hydrogen-bond acceptors (Lipinski definition) is 4. The van der Waals surface area contributed by atoms with Gasteiger partial charge in [-0.05, 0) is 37.5 Å². The highest BCUT2D eigenvalue weighted by atomic mass is 79.9. The van der Waals surface area contributed by atoms with Crippen molar-refractivity contribution < 1.29 is 14.6 Å². The number of aliphatic hydroxyl groups is 1. The number of halogens is 1. The van der Waals surface area contributed by atoms with E-state index in [4.69, 9.17) is 15.6 Å². The molecule has 17 heavy (non-hydrogen) atoms. The van der Waals surface area contributed by atoms with Gasteiger partial charge in [0.1, 0.15) is 0 Å². The third-order valence-corrected chi connectivity index (χ3v) is 2.88. The van der Waals surface area contributed by atoms with Gasteiger partial charge >= 0.3 is 5.97 Å². The SMILES string of the molecule is Cc1c(N)cc(Br)cc1C(=O)OCCCCO. The zero-order valence-electron chi connectivity index (χ0n) is 9.70. The average molecular weight is 302 g/mol. The van der Waals surface area contributed by atoms with Gasteiger partial charge in [0.15, 0.2) is 0 Å². The lowest BCUT2D eigenvalue weighted by Gasteiger charge is -2.09. The van der Waals surface area contributed by atoms with Crippen LogP contribution in [-0.2, 0) is 4.74 Å². The summed E-state index contributed by atoms with van der Waals surface area (Å²) in [6, 6.07) is 3.44. The van der Waals surface area contributed by atoms with Gasteiger partial charge in [0.2, 0.25) is 0 Å². The maximum atomic E-state index is 11.8. The predicted molar refractivity (Wildman–Crippen MR) is 69.9 cm³/mol. The number of aliphatic hydroxyl groups excluding tert-OH is 1. The van der Waals surface area contributed by atoms with Gasteiger partial charge in [-0.1, -0.05) is 15.9 Å². The molecule has 0 bridgehead atoms. The highest BCUT2D eigenvalue weighted by Gasteiger charge is 2.13. The highest BCUT2D eigenvalue weighted by molar-refractivity contribution is 9.10. The minimum atomic E-state index is -0.381. The van der Waals surface area contributed by atoms with E-state index in [2.05, 4.69) is 15.9 Å². The van der Waals surface area contributed by atoms with E-state index in [0.29, 0.717) is 30.7 Å². The van der Waals surface area contributed by atoms with Crippen molar-refractivity contribution in [3.8, 4) is 0 Å². The third-order valence-electron chi connectivity index (χ3n) is 2.42. The molecule has 94 valence electrons. The second kappa shape index (κ2) is 6.61. The van der Waals surface area contributed by atoms with Crippen molar-refractivity contribution in [3.63, 3.8) is 0 Å². The maximum absolute atomic E-state index is 11.8. The summed E-state index contributed by atoms with van der Waals surface area (Å²) >= 11 is 3.29. The molecular formula is C12H16BrNO3. The van der Waals surface area contributed by atoms with Crippen LogP contribution in [0.3, 0.4) is 0 Å². The minimum Gasteiger partial charge on any atom is -0.462 e. The summed E-state index contributed by atoms with van der Waals surface area (Å²) in [6.45, 7) is 2.21. The molecule has 0 fully saturated rings. The highest BCUT2D eigenvalue weighted by Crippen LogP contribution is 2.23. The zero-order valence-corrected chi connectivity index (χ0v) is 11.3. The second-order valence-electron chi connectivity index (χ2n) is 3.73. The van der Waals surface area contributed by atoms with Gasteiger partial charge in [-0.25, -0.2) is 4.79 Å². The minimum absolute atomic E-state index is 0.112. The van der Waals surface area contributed by atoms with Crippen molar-refractivity contribution >= 4 is 27.6 Å². The number of carbonyl (C=O) groups is 1. The molecule has 0 unspecified atom stereocenters. The van der Waals surface area contributed by atoms with Gasteiger partial charge in [0.25, 0.3) is 0 Å². The van der Waals surface area contributed by atoms with E-state index in [1.807, 2.05) is 0 Å². The lowest BCUT2D eigenvalue weighted by Crippen LogP contribution is -2.10. The summed E-state index contributed by atoms with van der Waals surface area (Å²) < 4.78 is 5.85. The van der Waals surface area contributed by atoms with Gasteiger partial charge < -0.3 is 15.6 Å². The van der Waals surface area contributed by atoms with Gasteiger partial charge in [-0.3, -0.25) is 0 Å². The number of rotatable bonds is 5. The first-order valence-corrected chi connectivity index (χ1v) is 6.19. The fraction of sp³-hybridized carbons (Fsp3) is 0.417. The number of esters is 1. The molecule has 5 heteroatoms. The molecule has 0 aliphatic heterocycles. The molecule has 0 amide bonds. The fourth-order valence-corrected chi connectivity index (χ4v) is 1.84. The van der Waals surface area contributed by atoms with Crippen molar-refractivity contribution in [1.29, 1.82) is 0 Å². The molecule has 4 nitrogen and oxygen atoms in total. The van der Waals surface area contributed by atoms with Crippen LogP contribution in [0.2, 0.25) is 0 Å². The molecule has 0 saturated heterocycles. The molecule has 0 aliphatic rings.